The van der Waals surface area contributed by atoms with Crippen molar-refractivity contribution in [3.8, 4) is 5.88 Å². The Hall–Kier alpha value is -2.37. The molecule has 0 aliphatic carbocycles. The van der Waals surface area contributed by atoms with Crippen LogP contribution < -0.4 is 10.1 Å². The standard InChI is InChI=1S/C15H20N2O4/c1-11(6-4-3-5-7-14(18)19)15(20)17-12-8-9-13(21-2)16-10-12/h6,8-10H,3-5,7H2,1-2H3,(H,17,20)(H,18,19). The molecule has 0 radical (unpaired) electrons. The normalized spacial score (nSPS) is 11.0. The summed E-state index contributed by atoms with van der Waals surface area (Å²) in [6, 6.07) is 3.38. The van der Waals surface area contributed by atoms with Gasteiger partial charge < -0.3 is 15.2 Å². The van der Waals surface area contributed by atoms with Crippen LogP contribution in [0.5, 0.6) is 5.88 Å². The maximum Gasteiger partial charge on any atom is 0.303 e. The van der Waals surface area contributed by atoms with Gasteiger partial charge in [-0.2, -0.15) is 0 Å². The van der Waals surface area contributed by atoms with E-state index in [1.54, 1.807) is 19.1 Å². The topological polar surface area (TPSA) is 88.5 Å². The number of pyridine rings is 1. The van der Waals surface area contributed by atoms with Gasteiger partial charge in [-0.1, -0.05) is 6.08 Å². The molecule has 0 aromatic carbocycles. The van der Waals surface area contributed by atoms with E-state index in [0.29, 0.717) is 30.0 Å². The van der Waals surface area contributed by atoms with Gasteiger partial charge in [0.1, 0.15) is 0 Å². The number of carboxylic acids is 1. The van der Waals surface area contributed by atoms with Gasteiger partial charge in [0.05, 0.1) is 19.0 Å². The number of methoxy groups -OCH3 is 1. The molecule has 0 aliphatic rings. The maximum atomic E-state index is 11.9. The van der Waals surface area contributed by atoms with Crippen LogP contribution in [0.3, 0.4) is 0 Å². The van der Waals surface area contributed by atoms with Crippen molar-refractivity contribution in [2.45, 2.75) is 32.6 Å². The first kappa shape index (κ1) is 16.7. The molecule has 2 N–H and O–H groups in total. The number of ether oxygens (including phenoxy) is 1. The molecular weight excluding hydrogens is 272 g/mol. The van der Waals surface area contributed by atoms with E-state index >= 15 is 0 Å². The number of allylic oxidation sites excluding steroid dienone is 1. The fraction of sp³-hybridized carbons (Fsp3) is 0.400. The van der Waals surface area contributed by atoms with Crippen LogP contribution in [0.25, 0.3) is 0 Å². The lowest BCUT2D eigenvalue weighted by molar-refractivity contribution is -0.137. The van der Waals surface area contributed by atoms with Crippen LogP contribution in [0.2, 0.25) is 0 Å². The largest absolute Gasteiger partial charge is 0.481 e. The molecule has 21 heavy (non-hydrogen) atoms. The van der Waals surface area contributed by atoms with Gasteiger partial charge in [-0.25, -0.2) is 4.98 Å². The van der Waals surface area contributed by atoms with Gasteiger partial charge in [-0.3, -0.25) is 9.59 Å². The van der Waals surface area contributed by atoms with Crippen molar-refractivity contribution in [3.63, 3.8) is 0 Å². The molecule has 1 aromatic heterocycles. The molecule has 0 saturated carbocycles. The van der Waals surface area contributed by atoms with E-state index in [1.807, 2.05) is 6.08 Å². The summed E-state index contributed by atoms with van der Waals surface area (Å²) >= 11 is 0. The molecule has 0 spiro atoms. The van der Waals surface area contributed by atoms with Crippen LogP contribution in [0, 0.1) is 0 Å². The van der Waals surface area contributed by atoms with Crippen LogP contribution in [-0.4, -0.2) is 29.1 Å². The monoisotopic (exact) mass is 292 g/mol. The second-order valence-electron chi connectivity index (χ2n) is 4.57. The number of carbonyl (C=O) groups excluding carboxylic acids is 1. The minimum absolute atomic E-state index is 0.163. The van der Waals surface area contributed by atoms with Crippen molar-refractivity contribution in [1.29, 1.82) is 0 Å². The molecule has 1 amide bonds. The lowest BCUT2D eigenvalue weighted by atomic mass is 10.1. The zero-order valence-corrected chi connectivity index (χ0v) is 12.3. The highest BCUT2D eigenvalue weighted by molar-refractivity contribution is 6.03. The second kappa shape index (κ2) is 8.73. The van der Waals surface area contributed by atoms with Crippen LogP contribution in [0.15, 0.2) is 30.0 Å². The van der Waals surface area contributed by atoms with Crippen molar-refractivity contribution < 1.29 is 19.4 Å². The molecule has 6 heteroatoms. The Morgan fingerprint density at radius 3 is 2.71 bits per heavy atom. The Morgan fingerprint density at radius 1 is 1.38 bits per heavy atom. The Kier molecular flexibility index (Phi) is 6.94. The number of anilines is 1. The average Bonchev–Trinajstić information content (AvgIpc) is 2.47. The fourth-order valence-corrected chi connectivity index (χ4v) is 1.64. The van der Waals surface area contributed by atoms with Crippen LogP contribution in [-0.2, 0) is 9.59 Å². The van der Waals surface area contributed by atoms with Crippen molar-refractivity contribution >= 4 is 17.6 Å². The summed E-state index contributed by atoms with van der Waals surface area (Å²) in [5, 5.41) is 11.3. The second-order valence-corrected chi connectivity index (χ2v) is 4.57. The maximum absolute atomic E-state index is 11.9. The van der Waals surface area contributed by atoms with E-state index in [2.05, 4.69) is 10.3 Å². The van der Waals surface area contributed by atoms with E-state index in [9.17, 15) is 9.59 Å². The Balaban J connectivity index is 2.40. The number of aliphatic carboxylic acids is 1. The van der Waals surface area contributed by atoms with Gasteiger partial charge in [-0.15, -0.1) is 0 Å². The summed E-state index contributed by atoms with van der Waals surface area (Å²) in [5.41, 5.74) is 1.19. The summed E-state index contributed by atoms with van der Waals surface area (Å²) in [5.74, 6) is -0.501. The molecule has 0 bridgehead atoms. The third-order valence-corrected chi connectivity index (χ3v) is 2.86. The first-order chi connectivity index (χ1) is 10.0. The van der Waals surface area contributed by atoms with Gasteiger partial charge in [-0.05, 0) is 32.3 Å². The minimum Gasteiger partial charge on any atom is -0.481 e. The summed E-state index contributed by atoms with van der Waals surface area (Å²) in [4.78, 5) is 26.3. The van der Waals surface area contributed by atoms with Crippen LogP contribution in [0.4, 0.5) is 5.69 Å². The molecule has 0 fully saturated rings. The van der Waals surface area contributed by atoms with Gasteiger partial charge in [0, 0.05) is 18.1 Å². The molecule has 0 atom stereocenters. The summed E-state index contributed by atoms with van der Waals surface area (Å²) < 4.78 is 4.94. The van der Waals surface area contributed by atoms with E-state index < -0.39 is 5.97 Å². The lowest BCUT2D eigenvalue weighted by Crippen LogP contribution is -2.12. The van der Waals surface area contributed by atoms with E-state index in [0.717, 1.165) is 6.42 Å². The number of amides is 1. The van der Waals surface area contributed by atoms with E-state index in [-0.39, 0.29) is 12.3 Å². The van der Waals surface area contributed by atoms with Gasteiger partial charge in [0.25, 0.3) is 5.91 Å². The third-order valence-electron chi connectivity index (χ3n) is 2.86. The zero-order valence-electron chi connectivity index (χ0n) is 12.3. The van der Waals surface area contributed by atoms with E-state index in [4.69, 9.17) is 9.84 Å². The molecule has 1 heterocycles. The lowest BCUT2D eigenvalue weighted by Gasteiger charge is -2.06. The molecule has 6 nitrogen and oxygen atoms in total. The number of carboxylic acid groups (broad SMARTS) is 1. The number of unbranched alkanes of at least 4 members (excludes halogenated alkanes) is 2. The number of nitrogens with one attached hydrogen (secondary N) is 1. The van der Waals surface area contributed by atoms with Crippen molar-refractivity contribution in [1.82, 2.24) is 4.98 Å². The third kappa shape index (κ3) is 6.56. The molecule has 0 aliphatic heterocycles. The number of hydrogen-bond donors (Lipinski definition) is 2. The highest BCUT2D eigenvalue weighted by atomic mass is 16.5. The van der Waals surface area contributed by atoms with Gasteiger partial charge >= 0.3 is 5.97 Å². The Labute approximate surface area is 123 Å². The molecular formula is C15H20N2O4. The van der Waals surface area contributed by atoms with Gasteiger partial charge in [0.15, 0.2) is 0 Å². The number of rotatable bonds is 8. The number of hydrogen-bond acceptors (Lipinski definition) is 4. The molecule has 114 valence electrons. The van der Waals surface area contributed by atoms with Crippen LogP contribution >= 0.6 is 0 Å². The molecule has 1 aromatic rings. The number of aromatic nitrogens is 1. The van der Waals surface area contributed by atoms with Crippen molar-refractivity contribution in [3.05, 3.63) is 30.0 Å². The quantitative estimate of drug-likeness (QED) is 0.568. The smallest absolute Gasteiger partial charge is 0.303 e. The highest BCUT2D eigenvalue weighted by Gasteiger charge is 2.05. The predicted octanol–water partition coefficient (Wildman–Crippen LogP) is 2.62. The Morgan fingerprint density at radius 2 is 2.14 bits per heavy atom. The molecule has 1 rings (SSSR count). The average molecular weight is 292 g/mol. The van der Waals surface area contributed by atoms with Crippen LogP contribution in [0.1, 0.15) is 32.6 Å². The fourth-order valence-electron chi connectivity index (χ4n) is 1.64. The highest BCUT2D eigenvalue weighted by Crippen LogP contribution is 2.12. The number of carbonyl (C=O) groups is 2. The minimum atomic E-state index is -0.791. The summed E-state index contributed by atoms with van der Waals surface area (Å²) in [7, 11) is 1.53. The first-order valence-electron chi connectivity index (χ1n) is 6.73. The molecule has 0 saturated heterocycles. The summed E-state index contributed by atoms with van der Waals surface area (Å²) in [6.07, 6.45) is 5.55. The first-order valence-corrected chi connectivity index (χ1v) is 6.73. The predicted molar refractivity (Wildman–Crippen MR) is 79.3 cm³/mol. The molecule has 0 unspecified atom stereocenters. The SMILES string of the molecule is COc1ccc(NC(=O)C(C)=CCCCCC(=O)O)cn1. The van der Waals surface area contributed by atoms with E-state index in [1.165, 1.54) is 13.3 Å². The Bertz CT molecular complexity index is 509. The van der Waals surface area contributed by atoms with Crippen molar-refractivity contribution in [2.24, 2.45) is 0 Å². The zero-order chi connectivity index (χ0) is 15.7. The number of nitrogens with zero attached hydrogens (tertiary/aromatic N) is 1. The van der Waals surface area contributed by atoms with Gasteiger partial charge in [0.2, 0.25) is 5.88 Å². The van der Waals surface area contributed by atoms with Crippen molar-refractivity contribution in [2.75, 3.05) is 12.4 Å². The summed E-state index contributed by atoms with van der Waals surface area (Å²) in [6.45, 7) is 1.73.